The Bertz CT molecular complexity index is 412. The number of esters is 1. The molecule has 0 aliphatic heterocycles. The number of ether oxygens (including phenoxy) is 1. The van der Waals surface area contributed by atoms with Crippen LogP contribution in [-0.2, 0) is 16.1 Å². The third-order valence-corrected chi connectivity index (χ3v) is 2.34. The Labute approximate surface area is 99.5 Å². The Balaban J connectivity index is 2.50. The Morgan fingerprint density at radius 1 is 1.56 bits per heavy atom. The molecule has 0 saturated carbocycles. The fourth-order valence-electron chi connectivity index (χ4n) is 1.08. The first kappa shape index (κ1) is 12.6. The number of halogens is 1. The summed E-state index contributed by atoms with van der Waals surface area (Å²) in [6.07, 6.45) is 5.21. The van der Waals surface area contributed by atoms with E-state index in [1.807, 2.05) is 6.07 Å². The second kappa shape index (κ2) is 6.16. The van der Waals surface area contributed by atoms with Crippen molar-refractivity contribution in [2.45, 2.75) is 19.1 Å². The molecule has 2 N–H and O–H groups in total. The highest BCUT2D eigenvalue weighted by atomic mass is 35.5. The number of rotatable bonds is 4. The summed E-state index contributed by atoms with van der Waals surface area (Å²) in [6.45, 7) is 0.108. The standard InChI is InChI=1S/C12H12ClNO2/c1-2-5-11(14)12(15)16-8-9-6-3-4-7-10(9)13/h1,3-4,6-7,11H,5,8,14H2. The summed E-state index contributed by atoms with van der Waals surface area (Å²) >= 11 is 5.89. The highest BCUT2D eigenvalue weighted by molar-refractivity contribution is 6.31. The molecule has 0 aromatic heterocycles. The fourth-order valence-corrected chi connectivity index (χ4v) is 1.27. The molecule has 1 unspecified atom stereocenters. The number of carbonyl (C=O) groups is 1. The Morgan fingerprint density at radius 3 is 2.88 bits per heavy atom. The minimum atomic E-state index is -0.771. The largest absolute Gasteiger partial charge is 0.460 e. The molecule has 0 spiro atoms. The molecule has 0 fully saturated rings. The molecule has 1 aromatic rings. The number of terminal acetylenes is 1. The molecule has 0 amide bonds. The van der Waals surface area contributed by atoms with Crippen LogP contribution in [0.1, 0.15) is 12.0 Å². The van der Waals surface area contributed by atoms with E-state index in [4.69, 9.17) is 28.5 Å². The second-order valence-electron chi connectivity index (χ2n) is 3.21. The van der Waals surface area contributed by atoms with Crippen molar-refractivity contribution in [1.29, 1.82) is 0 Å². The van der Waals surface area contributed by atoms with Gasteiger partial charge in [-0.3, -0.25) is 4.79 Å². The smallest absolute Gasteiger partial charge is 0.324 e. The van der Waals surface area contributed by atoms with Gasteiger partial charge in [-0.05, 0) is 6.07 Å². The summed E-state index contributed by atoms with van der Waals surface area (Å²) < 4.78 is 4.98. The molecule has 84 valence electrons. The van der Waals surface area contributed by atoms with Crippen molar-refractivity contribution >= 4 is 17.6 Å². The molecular formula is C12H12ClNO2. The van der Waals surface area contributed by atoms with Crippen LogP contribution in [0.4, 0.5) is 0 Å². The zero-order valence-corrected chi connectivity index (χ0v) is 9.41. The maximum atomic E-state index is 11.3. The second-order valence-corrected chi connectivity index (χ2v) is 3.62. The monoisotopic (exact) mass is 237 g/mol. The molecule has 3 nitrogen and oxygen atoms in total. The van der Waals surface area contributed by atoms with Gasteiger partial charge in [-0.25, -0.2) is 0 Å². The van der Waals surface area contributed by atoms with Crippen molar-refractivity contribution in [2.75, 3.05) is 0 Å². The lowest BCUT2D eigenvalue weighted by molar-refractivity contribution is -0.146. The van der Waals surface area contributed by atoms with E-state index in [9.17, 15) is 4.79 Å². The van der Waals surface area contributed by atoms with Crippen molar-refractivity contribution in [3.63, 3.8) is 0 Å². The maximum absolute atomic E-state index is 11.3. The normalized spacial score (nSPS) is 11.6. The molecule has 0 saturated heterocycles. The minimum Gasteiger partial charge on any atom is -0.460 e. The minimum absolute atomic E-state index is 0.108. The van der Waals surface area contributed by atoms with Crippen LogP contribution in [0.15, 0.2) is 24.3 Å². The van der Waals surface area contributed by atoms with Crippen molar-refractivity contribution < 1.29 is 9.53 Å². The van der Waals surface area contributed by atoms with Crippen LogP contribution in [0.2, 0.25) is 5.02 Å². The quantitative estimate of drug-likeness (QED) is 0.641. The molecule has 0 bridgehead atoms. The third kappa shape index (κ3) is 3.58. The van der Waals surface area contributed by atoms with Gasteiger partial charge < -0.3 is 10.5 Å². The summed E-state index contributed by atoms with van der Waals surface area (Å²) in [5, 5.41) is 0.556. The van der Waals surface area contributed by atoms with E-state index in [2.05, 4.69) is 5.92 Å². The van der Waals surface area contributed by atoms with Crippen molar-refractivity contribution in [2.24, 2.45) is 5.73 Å². The summed E-state index contributed by atoms with van der Waals surface area (Å²) in [4.78, 5) is 11.3. The van der Waals surface area contributed by atoms with Gasteiger partial charge in [0.2, 0.25) is 0 Å². The number of nitrogens with two attached hydrogens (primary N) is 1. The molecule has 0 radical (unpaired) electrons. The fraction of sp³-hybridized carbons (Fsp3) is 0.250. The van der Waals surface area contributed by atoms with Gasteiger partial charge in [0.05, 0.1) is 0 Å². The summed E-state index contributed by atoms with van der Waals surface area (Å²) in [5.41, 5.74) is 6.22. The molecule has 1 atom stereocenters. The van der Waals surface area contributed by atoms with E-state index in [0.717, 1.165) is 5.56 Å². The molecule has 0 aliphatic rings. The van der Waals surface area contributed by atoms with E-state index in [1.54, 1.807) is 18.2 Å². The molecule has 1 rings (SSSR count). The SMILES string of the molecule is C#CCC(N)C(=O)OCc1ccccc1Cl. The van der Waals surface area contributed by atoms with Crippen LogP contribution in [-0.4, -0.2) is 12.0 Å². The van der Waals surface area contributed by atoms with Gasteiger partial charge in [-0.2, -0.15) is 0 Å². The van der Waals surface area contributed by atoms with Gasteiger partial charge in [0, 0.05) is 17.0 Å². The first-order valence-electron chi connectivity index (χ1n) is 4.74. The van der Waals surface area contributed by atoms with Gasteiger partial charge in [0.1, 0.15) is 12.6 Å². The molecule has 0 heterocycles. The van der Waals surface area contributed by atoms with E-state index >= 15 is 0 Å². The predicted molar refractivity (Wildman–Crippen MR) is 62.7 cm³/mol. The van der Waals surface area contributed by atoms with E-state index in [-0.39, 0.29) is 13.0 Å². The number of carbonyl (C=O) groups excluding carboxylic acids is 1. The predicted octanol–water partition coefficient (Wildman–Crippen LogP) is 1.73. The van der Waals surface area contributed by atoms with Gasteiger partial charge in [-0.15, -0.1) is 12.3 Å². The highest BCUT2D eigenvalue weighted by Gasteiger charge is 2.13. The van der Waals surface area contributed by atoms with Gasteiger partial charge in [-0.1, -0.05) is 29.8 Å². The van der Waals surface area contributed by atoms with Gasteiger partial charge in [0.15, 0.2) is 0 Å². The topological polar surface area (TPSA) is 52.3 Å². The lowest BCUT2D eigenvalue weighted by Gasteiger charge is -2.09. The Hall–Kier alpha value is -1.50. The third-order valence-electron chi connectivity index (χ3n) is 1.97. The molecule has 0 aliphatic carbocycles. The lowest BCUT2D eigenvalue weighted by atomic mass is 10.2. The van der Waals surface area contributed by atoms with Crippen LogP contribution < -0.4 is 5.73 Å². The van der Waals surface area contributed by atoms with Gasteiger partial charge in [0.25, 0.3) is 0 Å². The molecular weight excluding hydrogens is 226 g/mol. The van der Waals surface area contributed by atoms with Crippen molar-refractivity contribution in [3.8, 4) is 12.3 Å². The zero-order valence-electron chi connectivity index (χ0n) is 8.65. The lowest BCUT2D eigenvalue weighted by Crippen LogP contribution is -2.31. The van der Waals surface area contributed by atoms with Crippen molar-refractivity contribution in [3.05, 3.63) is 34.9 Å². The summed E-state index contributed by atoms with van der Waals surface area (Å²) in [6, 6.07) is 6.36. The number of benzene rings is 1. The number of hydrogen-bond donors (Lipinski definition) is 1. The van der Waals surface area contributed by atoms with E-state index < -0.39 is 12.0 Å². The van der Waals surface area contributed by atoms with E-state index in [0.29, 0.717) is 5.02 Å². The molecule has 4 heteroatoms. The van der Waals surface area contributed by atoms with Crippen molar-refractivity contribution in [1.82, 2.24) is 0 Å². The summed E-state index contributed by atoms with van der Waals surface area (Å²) in [7, 11) is 0. The van der Waals surface area contributed by atoms with E-state index in [1.165, 1.54) is 0 Å². The van der Waals surface area contributed by atoms with Crippen LogP contribution in [0.3, 0.4) is 0 Å². The molecule has 16 heavy (non-hydrogen) atoms. The van der Waals surface area contributed by atoms with Gasteiger partial charge >= 0.3 is 5.97 Å². The first-order chi connectivity index (χ1) is 7.65. The highest BCUT2D eigenvalue weighted by Crippen LogP contribution is 2.15. The average molecular weight is 238 g/mol. The van der Waals surface area contributed by atoms with Crippen LogP contribution >= 0.6 is 11.6 Å². The Morgan fingerprint density at radius 2 is 2.25 bits per heavy atom. The van der Waals surface area contributed by atoms with Crippen LogP contribution in [0, 0.1) is 12.3 Å². The number of hydrogen-bond acceptors (Lipinski definition) is 3. The molecule has 1 aromatic carbocycles. The van der Waals surface area contributed by atoms with Crippen LogP contribution in [0.5, 0.6) is 0 Å². The maximum Gasteiger partial charge on any atom is 0.324 e. The summed E-state index contributed by atoms with van der Waals surface area (Å²) in [5.74, 6) is 1.79. The van der Waals surface area contributed by atoms with Crippen LogP contribution in [0.25, 0.3) is 0 Å². The first-order valence-corrected chi connectivity index (χ1v) is 5.12. The average Bonchev–Trinajstić information content (AvgIpc) is 2.28. The Kier molecular flexibility index (Phi) is 4.84. The zero-order chi connectivity index (χ0) is 12.0.